The third-order valence-electron chi connectivity index (χ3n) is 3.75. The molecule has 1 aromatic carbocycles. The van der Waals surface area contributed by atoms with E-state index in [1.54, 1.807) is 4.90 Å². The molecule has 0 unspecified atom stereocenters. The minimum Gasteiger partial charge on any atom is -0.453 e. The van der Waals surface area contributed by atoms with E-state index < -0.39 is 0 Å². The Labute approximate surface area is 114 Å². The van der Waals surface area contributed by atoms with Crippen LogP contribution in [0.3, 0.4) is 0 Å². The van der Waals surface area contributed by atoms with Gasteiger partial charge in [-0.2, -0.15) is 0 Å². The van der Waals surface area contributed by atoms with E-state index in [1.807, 2.05) is 6.07 Å². The minimum atomic E-state index is -0.214. The Hall–Kier alpha value is -1.55. The summed E-state index contributed by atoms with van der Waals surface area (Å²) in [7, 11) is 1.44. The van der Waals surface area contributed by atoms with Crippen molar-refractivity contribution in [1.29, 1.82) is 0 Å². The monoisotopic (exact) mass is 262 g/mol. The number of likely N-dealkylation sites (tertiary alicyclic amines) is 1. The fourth-order valence-corrected chi connectivity index (χ4v) is 2.59. The van der Waals surface area contributed by atoms with Crippen molar-refractivity contribution < 1.29 is 9.53 Å². The van der Waals surface area contributed by atoms with Crippen molar-refractivity contribution in [2.45, 2.75) is 25.9 Å². The van der Waals surface area contributed by atoms with E-state index in [9.17, 15) is 4.79 Å². The molecule has 4 nitrogen and oxygen atoms in total. The Morgan fingerprint density at radius 1 is 1.42 bits per heavy atom. The summed E-state index contributed by atoms with van der Waals surface area (Å²) in [6, 6.07) is 10.9. The van der Waals surface area contributed by atoms with E-state index in [-0.39, 0.29) is 6.09 Å². The van der Waals surface area contributed by atoms with Crippen molar-refractivity contribution in [3.05, 3.63) is 35.9 Å². The number of rotatable bonds is 3. The number of nitrogens with one attached hydrogen (secondary N) is 1. The first-order chi connectivity index (χ1) is 9.20. The standard InChI is InChI=1S/C15H22N2O2/c1-12-11-17(15(18)19-2)9-8-14(12)16-10-13-6-4-3-5-7-13/h3-7,12,14,16H,8-11H2,1-2H3/t12-,14+/m0/s1. The molecule has 4 heteroatoms. The van der Waals surface area contributed by atoms with Crippen molar-refractivity contribution in [1.82, 2.24) is 10.2 Å². The molecule has 0 aliphatic carbocycles. The summed E-state index contributed by atoms with van der Waals surface area (Å²) >= 11 is 0. The van der Waals surface area contributed by atoms with Crippen LogP contribution in [-0.4, -0.2) is 37.2 Å². The number of methoxy groups -OCH3 is 1. The molecule has 1 amide bonds. The zero-order chi connectivity index (χ0) is 13.7. The number of carbonyl (C=O) groups is 1. The maximum absolute atomic E-state index is 11.5. The Balaban J connectivity index is 1.82. The van der Waals surface area contributed by atoms with Gasteiger partial charge in [-0.3, -0.25) is 0 Å². The molecule has 19 heavy (non-hydrogen) atoms. The van der Waals surface area contributed by atoms with E-state index >= 15 is 0 Å². The second-order valence-corrected chi connectivity index (χ2v) is 5.15. The van der Waals surface area contributed by atoms with E-state index in [4.69, 9.17) is 4.74 Å². The van der Waals surface area contributed by atoms with Gasteiger partial charge in [0.1, 0.15) is 0 Å². The molecule has 2 rings (SSSR count). The van der Waals surface area contributed by atoms with Gasteiger partial charge in [0.25, 0.3) is 0 Å². The molecule has 1 fully saturated rings. The molecule has 104 valence electrons. The van der Waals surface area contributed by atoms with Crippen LogP contribution < -0.4 is 5.32 Å². The summed E-state index contributed by atoms with van der Waals surface area (Å²) in [5.74, 6) is 0.441. The fraction of sp³-hybridized carbons (Fsp3) is 0.533. The molecule has 0 aromatic heterocycles. The number of carbonyl (C=O) groups excluding carboxylic acids is 1. The minimum absolute atomic E-state index is 0.214. The second kappa shape index (κ2) is 6.57. The van der Waals surface area contributed by atoms with Crippen molar-refractivity contribution in [3.8, 4) is 0 Å². The van der Waals surface area contributed by atoms with Crippen LogP contribution in [0.5, 0.6) is 0 Å². The van der Waals surface area contributed by atoms with Gasteiger partial charge < -0.3 is 15.0 Å². The molecule has 1 aliphatic rings. The molecule has 1 aliphatic heterocycles. The van der Waals surface area contributed by atoms with Gasteiger partial charge in [-0.25, -0.2) is 4.79 Å². The van der Waals surface area contributed by atoms with Gasteiger partial charge in [0.05, 0.1) is 7.11 Å². The highest BCUT2D eigenvalue weighted by Gasteiger charge is 2.28. The topological polar surface area (TPSA) is 41.6 Å². The number of nitrogens with zero attached hydrogens (tertiary/aromatic N) is 1. The average molecular weight is 262 g/mol. The summed E-state index contributed by atoms with van der Waals surface area (Å²) in [6.45, 7) is 4.59. The van der Waals surface area contributed by atoms with Crippen LogP contribution in [0.15, 0.2) is 30.3 Å². The first-order valence-corrected chi connectivity index (χ1v) is 6.81. The average Bonchev–Trinajstić information content (AvgIpc) is 2.46. The number of hydrogen-bond acceptors (Lipinski definition) is 3. The van der Waals surface area contributed by atoms with Crippen LogP contribution in [0.1, 0.15) is 18.9 Å². The largest absolute Gasteiger partial charge is 0.453 e. The van der Waals surface area contributed by atoms with E-state index in [2.05, 4.69) is 36.5 Å². The molecular formula is C15H22N2O2. The lowest BCUT2D eigenvalue weighted by Gasteiger charge is -2.36. The Kier molecular flexibility index (Phi) is 4.80. The second-order valence-electron chi connectivity index (χ2n) is 5.15. The molecule has 2 atom stereocenters. The molecule has 1 saturated heterocycles. The van der Waals surface area contributed by atoms with E-state index in [0.29, 0.717) is 12.0 Å². The van der Waals surface area contributed by atoms with E-state index in [0.717, 1.165) is 26.1 Å². The van der Waals surface area contributed by atoms with Crippen LogP contribution in [0.4, 0.5) is 4.79 Å². The van der Waals surface area contributed by atoms with Gasteiger partial charge in [-0.15, -0.1) is 0 Å². The van der Waals surface area contributed by atoms with Gasteiger partial charge in [-0.05, 0) is 17.9 Å². The highest BCUT2D eigenvalue weighted by atomic mass is 16.5. The Morgan fingerprint density at radius 2 is 2.16 bits per heavy atom. The predicted octanol–water partition coefficient (Wildman–Crippen LogP) is 2.25. The Morgan fingerprint density at radius 3 is 2.79 bits per heavy atom. The van der Waals surface area contributed by atoms with Gasteiger partial charge >= 0.3 is 6.09 Å². The lowest BCUT2D eigenvalue weighted by Crippen LogP contribution is -2.49. The molecule has 0 spiro atoms. The quantitative estimate of drug-likeness (QED) is 0.908. The lowest BCUT2D eigenvalue weighted by molar-refractivity contribution is 0.0941. The first kappa shape index (κ1) is 13.9. The highest BCUT2D eigenvalue weighted by Crippen LogP contribution is 2.18. The number of amides is 1. The number of piperidine rings is 1. The fourth-order valence-electron chi connectivity index (χ4n) is 2.59. The molecule has 1 aromatic rings. The summed E-state index contributed by atoms with van der Waals surface area (Å²) in [4.78, 5) is 13.3. The van der Waals surface area contributed by atoms with E-state index in [1.165, 1.54) is 12.7 Å². The molecule has 0 bridgehead atoms. The van der Waals surface area contributed by atoms with Crippen molar-refractivity contribution in [3.63, 3.8) is 0 Å². The van der Waals surface area contributed by atoms with Crippen LogP contribution in [-0.2, 0) is 11.3 Å². The summed E-state index contributed by atoms with van der Waals surface area (Å²) in [6.07, 6.45) is 0.761. The Bertz CT molecular complexity index is 408. The first-order valence-electron chi connectivity index (χ1n) is 6.81. The maximum atomic E-state index is 11.5. The third-order valence-corrected chi connectivity index (χ3v) is 3.75. The predicted molar refractivity (Wildman–Crippen MR) is 74.8 cm³/mol. The molecular weight excluding hydrogens is 240 g/mol. The van der Waals surface area contributed by atoms with Crippen molar-refractivity contribution in [2.24, 2.45) is 5.92 Å². The molecule has 1 heterocycles. The normalized spacial score (nSPS) is 23.2. The van der Waals surface area contributed by atoms with Gasteiger partial charge in [0.15, 0.2) is 0 Å². The number of ether oxygens (including phenoxy) is 1. The maximum Gasteiger partial charge on any atom is 0.409 e. The SMILES string of the molecule is COC(=O)N1CC[C@@H](NCc2ccccc2)[C@@H](C)C1. The van der Waals surface area contributed by atoms with Gasteiger partial charge in [0.2, 0.25) is 0 Å². The zero-order valence-electron chi connectivity index (χ0n) is 11.6. The van der Waals surface area contributed by atoms with Crippen molar-refractivity contribution in [2.75, 3.05) is 20.2 Å². The highest BCUT2D eigenvalue weighted by molar-refractivity contribution is 5.67. The summed E-state index contributed by atoms with van der Waals surface area (Å²) < 4.78 is 4.77. The molecule has 1 N–H and O–H groups in total. The number of hydrogen-bond donors (Lipinski definition) is 1. The lowest BCUT2D eigenvalue weighted by atomic mass is 9.94. The van der Waals surface area contributed by atoms with Crippen LogP contribution in [0.25, 0.3) is 0 Å². The zero-order valence-corrected chi connectivity index (χ0v) is 11.6. The third kappa shape index (κ3) is 3.70. The van der Waals surface area contributed by atoms with Gasteiger partial charge in [0, 0.05) is 25.7 Å². The van der Waals surface area contributed by atoms with Crippen LogP contribution >= 0.6 is 0 Å². The van der Waals surface area contributed by atoms with Crippen LogP contribution in [0.2, 0.25) is 0 Å². The smallest absolute Gasteiger partial charge is 0.409 e. The van der Waals surface area contributed by atoms with Crippen molar-refractivity contribution >= 4 is 6.09 Å². The summed E-state index contributed by atoms with van der Waals surface area (Å²) in [5.41, 5.74) is 1.30. The van der Waals surface area contributed by atoms with Crippen LogP contribution in [0, 0.1) is 5.92 Å². The number of benzene rings is 1. The summed E-state index contributed by atoms with van der Waals surface area (Å²) in [5, 5.41) is 3.59. The molecule has 0 saturated carbocycles. The molecule has 0 radical (unpaired) electrons. The van der Waals surface area contributed by atoms with Gasteiger partial charge in [-0.1, -0.05) is 37.3 Å².